The zero-order valence-electron chi connectivity index (χ0n) is 22.4. The molecule has 1 saturated heterocycles. The van der Waals surface area contributed by atoms with Crippen molar-refractivity contribution in [2.45, 2.75) is 25.1 Å². The quantitative estimate of drug-likeness (QED) is 0.215. The summed E-state index contributed by atoms with van der Waals surface area (Å²) in [4.78, 5) is 73.8. The second-order valence-electron chi connectivity index (χ2n) is 9.17. The molecule has 41 heavy (non-hydrogen) atoms. The van der Waals surface area contributed by atoms with Crippen LogP contribution in [0, 0.1) is 5.92 Å². The number of carbonyl (C=O) groups excluding carboxylic acids is 4. The van der Waals surface area contributed by atoms with Crippen LogP contribution in [0.3, 0.4) is 0 Å². The maximum Gasteiger partial charge on any atom is 0.352 e. The molecule has 0 bridgehead atoms. The molecule has 3 heterocycles. The van der Waals surface area contributed by atoms with Crippen LogP contribution >= 0.6 is 34.9 Å². The van der Waals surface area contributed by atoms with Gasteiger partial charge in [-0.25, -0.2) is 9.78 Å². The zero-order chi connectivity index (χ0) is 29.8. The molecule has 1 fully saturated rings. The minimum atomic E-state index is -1.23. The standard InChI is InChI=1S/C26H27N5O7S3/c1-13(32)39-12-20(34)30(2)16-6-4-5-14(8-16)7-15-10-40-24-17(23(35)31(24)22(15)25(36)37)9-19(33)21(29-38-3)18-11-41-26(27)28-18/h4-6,8,11,17,24H,7,9-10,12H2,1-3H3,(H2,27,28)(H,36,37)/b29-21-/t17-,24-/m1/s1. The van der Waals surface area contributed by atoms with Gasteiger partial charge in [0.1, 0.15) is 18.5 Å². The first-order chi connectivity index (χ1) is 19.5. The van der Waals surface area contributed by atoms with E-state index in [0.29, 0.717) is 17.0 Å². The fourth-order valence-electron chi connectivity index (χ4n) is 4.50. The van der Waals surface area contributed by atoms with Gasteiger partial charge in [0.25, 0.3) is 0 Å². The Morgan fingerprint density at radius 1 is 1.32 bits per heavy atom. The molecule has 0 spiro atoms. The summed E-state index contributed by atoms with van der Waals surface area (Å²) in [6, 6.07) is 7.11. The van der Waals surface area contributed by atoms with E-state index in [9.17, 15) is 29.1 Å². The summed E-state index contributed by atoms with van der Waals surface area (Å²) in [5.74, 6) is -2.75. The number of ketones is 1. The van der Waals surface area contributed by atoms with Crippen LogP contribution in [0.15, 0.2) is 46.1 Å². The van der Waals surface area contributed by atoms with E-state index >= 15 is 0 Å². The van der Waals surface area contributed by atoms with E-state index in [1.165, 1.54) is 35.6 Å². The van der Waals surface area contributed by atoms with Gasteiger partial charge in [-0.15, -0.1) is 23.1 Å². The first-order valence-electron chi connectivity index (χ1n) is 12.3. The van der Waals surface area contributed by atoms with Crippen molar-refractivity contribution >= 4 is 80.1 Å². The van der Waals surface area contributed by atoms with Crippen LogP contribution in [-0.2, 0) is 35.2 Å². The molecule has 12 nitrogen and oxygen atoms in total. The highest BCUT2D eigenvalue weighted by atomic mass is 32.2. The molecular formula is C26H27N5O7S3. The van der Waals surface area contributed by atoms with Crippen LogP contribution in [0.4, 0.5) is 10.8 Å². The van der Waals surface area contributed by atoms with Crippen molar-refractivity contribution < 1.29 is 33.9 Å². The maximum absolute atomic E-state index is 13.2. The lowest BCUT2D eigenvalue weighted by atomic mass is 9.88. The third-order valence-corrected chi connectivity index (χ3v) is 9.33. The van der Waals surface area contributed by atoms with Gasteiger partial charge in [0.05, 0.1) is 17.0 Å². The molecule has 0 aliphatic carbocycles. The van der Waals surface area contributed by atoms with Gasteiger partial charge in [0.15, 0.2) is 21.7 Å². The highest BCUT2D eigenvalue weighted by molar-refractivity contribution is 8.14. The van der Waals surface area contributed by atoms with E-state index in [1.807, 2.05) is 6.07 Å². The van der Waals surface area contributed by atoms with Gasteiger partial charge in [0.2, 0.25) is 11.8 Å². The normalized spacial score (nSPS) is 18.5. The number of aromatic nitrogens is 1. The molecule has 0 unspecified atom stereocenters. The number of nitrogens with two attached hydrogens (primary N) is 1. The number of rotatable bonds is 11. The van der Waals surface area contributed by atoms with Gasteiger partial charge in [-0.05, 0) is 29.7 Å². The summed E-state index contributed by atoms with van der Waals surface area (Å²) in [7, 11) is 2.90. The van der Waals surface area contributed by atoms with E-state index in [0.717, 1.165) is 28.7 Å². The minimum Gasteiger partial charge on any atom is -0.477 e. The smallest absolute Gasteiger partial charge is 0.352 e. The second kappa shape index (κ2) is 12.9. The number of thiazole rings is 1. The first kappa shape index (κ1) is 30.3. The number of fused-ring (bicyclic) bond motifs is 1. The second-order valence-corrected chi connectivity index (χ2v) is 12.3. The lowest BCUT2D eigenvalue weighted by Gasteiger charge is -2.49. The van der Waals surface area contributed by atoms with Crippen LogP contribution < -0.4 is 10.6 Å². The third-order valence-electron chi connectivity index (χ3n) is 6.46. The SMILES string of the molecule is CO/N=C(\C(=O)C[C@@H]1C(=O)N2C(C(=O)O)=C(Cc3cccc(N(C)C(=O)CSC(C)=O)c3)CS[C@H]12)c1csc(N)n1. The number of β-lactam (4-membered cyclic amide) rings is 1. The Hall–Kier alpha value is -3.69. The van der Waals surface area contributed by atoms with Crippen LogP contribution in [0.2, 0.25) is 0 Å². The fraction of sp³-hybridized carbons (Fsp3) is 0.346. The third kappa shape index (κ3) is 6.63. The molecule has 1 aromatic carbocycles. The monoisotopic (exact) mass is 617 g/mol. The van der Waals surface area contributed by atoms with Crippen molar-refractivity contribution in [3.63, 3.8) is 0 Å². The number of aliphatic carboxylic acids is 1. The predicted octanol–water partition coefficient (Wildman–Crippen LogP) is 2.39. The topological polar surface area (TPSA) is 173 Å². The number of thioether (sulfide) groups is 2. The molecule has 3 N–H and O–H groups in total. The predicted molar refractivity (Wildman–Crippen MR) is 158 cm³/mol. The Bertz CT molecular complexity index is 1470. The summed E-state index contributed by atoms with van der Waals surface area (Å²) in [5, 5.41) is 15.0. The van der Waals surface area contributed by atoms with Crippen LogP contribution in [-0.4, -0.2) is 80.4 Å². The summed E-state index contributed by atoms with van der Waals surface area (Å²) < 4.78 is 0. The van der Waals surface area contributed by atoms with Crippen LogP contribution in [0.25, 0.3) is 0 Å². The Morgan fingerprint density at radius 3 is 2.71 bits per heavy atom. The lowest BCUT2D eigenvalue weighted by Crippen LogP contribution is -2.62. The number of nitrogens with zero attached hydrogens (tertiary/aromatic N) is 4. The van der Waals surface area contributed by atoms with E-state index in [1.54, 1.807) is 30.6 Å². The molecule has 0 saturated carbocycles. The number of carbonyl (C=O) groups is 5. The van der Waals surface area contributed by atoms with Crippen molar-refractivity contribution in [3.05, 3.63) is 52.2 Å². The van der Waals surface area contributed by atoms with E-state index in [2.05, 4.69) is 10.1 Å². The Kier molecular flexibility index (Phi) is 9.50. The largest absolute Gasteiger partial charge is 0.477 e. The molecule has 2 aromatic rings. The number of anilines is 2. The van der Waals surface area contributed by atoms with Crippen molar-refractivity contribution in [1.82, 2.24) is 9.88 Å². The molecule has 216 valence electrons. The Balaban J connectivity index is 1.50. The molecular weight excluding hydrogens is 591 g/mol. The average molecular weight is 618 g/mol. The molecule has 4 rings (SSSR count). The zero-order valence-corrected chi connectivity index (χ0v) is 24.8. The number of carboxylic acid groups (broad SMARTS) is 1. The van der Waals surface area contributed by atoms with E-state index in [4.69, 9.17) is 10.6 Å². The number of hydrogen-bond donors (Lipinski definition) is 2. The number of Topliss-reactive ketones (excluding diaryl/α,β-unsaturated/α-hetero) is 1. The lowest BCUT2D eigenvalue weighted by molar-refractivity contribution is -0.153. The molecule has 2 aliphatic heterocycles. The highest BCUT2D eigenvalue weighted by Gasteiger charge is 2.54. The summed E-state index contributed by atoms with van der Waals surface area (Å²) in [5.41, 5.74) is 7.70. The average Bonchev–Trinajstić information content (AvgIpc) is 3.37. The van der Waals surface area contributed by atoms with E-state index < -0.39 is 29.0 Å². The molecule has 2 aliphatic rings. The summed E-state index contributed by atoms with van der Waals surface area (Å²) in [6.45, 7) is 1.40. The maximum atomic E-state index is 13.2. The first-order valence-corrected chi connectivity index (χ1v) is 15.2. The summed E-state index contributed by atoms with van der Waals surface area (Å²) in [6.07, 6.45) is 0.0713. The molecule has 2 amide bonds. The van der Waals surface area contributed by atoms with Gasteiger partial charge in [-0.2, -0.15) is 0 Å². The van der Waals surface area contributed by atoms with Gasteiger partial charge < -0.3 is 20.6 Å². The van der Waals surface area contributed by atoms with Crippen LogP contribution in [0.5, 0.6) is 0 Å². The van der Waals surface area contributed by atoms with E-state index in [-0.39, 0.29) is 51.9 Å². The van der Waals surface area contributed by atoms with Crippen LogP contribution in [0.1, 0.15) is 24.6 Å². The minimum absolute atomic E-state index is 0.0137. The number of benzene rings is 1. The number of carboxylic acids is 1. The fourth-order valence-corrected chi connectivity index (χ4v) is 6.99. The number of amides is 2. The Morgan fingerprint density at radius 2 is 2.07 bits per heavy atom. The van der Waals surface area contributed by atoms with Gasteiger partial charge >= 0.3 is 5.97 Å². The van der Waals surface area contributed by atoms with Crippen molar-refractivity contribution in [2.75, 3.05) is 36.3 Å². The highest BCUT2D eigenvalue weighted by Crippen LogP contribution is 2.46. The van der Waals surface area contributed by atoms with Crippen molar-refractivity contribution in [3.8, 4) is 0 Å². The molecule has 15 heteroatoms. The van der Waals surface area contributed by atoms with Gasteiger partial charge in [-0.3, -0.25) is 24.1 Å². The Labute approximate surface area is 248 Å². The number of nitrogen functional groups attached to an aromatic ring is 1. The van der Waals surface area contributed by atoms with Crippen molar-refractivity contribution in [1.29, 1.82) is 0 Å². The molecule has 0 radical (unpaired) electrons. The summed E-state index contributed by atoms with van der Waals surface area (Å²) >= 11 is 3.46. The number of hydrogen-bond acceptors (Lipinski definition) is 12. The van der Waals surface area contributed by atoms with Gasteiger partial charge in [0, 0.05) is 37.2 Å². The van der Waals surface area contributed by atoms with Crippen molar-refractivity contribution in [2.24, 2.45) is 11.1 Å². The molecule has 2 atom stereocenters. The number of oxime groups is 1. The van der Waals surface area contributed by atoms with Gasteiger partial charge in [-0.1, -0.05) is 29.1 Å². The molecule has 1 aromatic heterocycles.